The van der Waals surface area contributed by atoms with E-state index in [1.54, 1.807) is 12.1 Å². The average Bonchev–Trinajstić information content (AvgIpc) is 2.45. The van der Waals surface area contributed by atoms with Gasteiger partial charge in [0, 0.05) is 6.54 Å². The SMILES string of the molecule is CS(=O)(=O)Nc1ccc(NCCCc2ccccc2)nc1. The summed E-state index contributed by atoms with van der Waals surface area (Å²) >= 11 is 0. The molecule has 0 spiro atoms. The summed E-state index contributed by atoms with van der Waals surface area (Å²) < 4.78 is 24.5. The Bertz CT molecular complexity index is 655. The molecule has 1 heterocycles. The van der Waals surface area contributed by atoms with Crippen molar-refractivity contribution in [2.24, 2.45) is 0 Å². The molecule has 0 atom stereocenters. The van der Waals surface area contributed by atoms with Gasteiger partial charge in [0.25, 0.3) is 0 Å². The molecule has 0 amide bonds. The Labute approximate surface area is 125 Å². The maximum absolute atomic E-state index is 11.1. The quantitative estimate of drug-likeness (QED) is 0.771. The summed E-state index contributed by atoms with van der Waals surface area (Å²) in [6.45, 7) is 0.820. The van der Waals surface area contributed by atoms with Gasteiger partial charge >= 0.3 is 0 Å². The van der Waals surface area contributed by atoms with Crippen LogP contribution in [0.4, 0.5) is 11.5 Å². The van der Waals surface area contributed by atoms with Crippen molar-refractivity contribution >= 4 is 21.5 Å². The Morgan fingerprint density at radius 3 is 2.48 bits per heavy atom. The smallest absolute Gasteiger partial charge is 0.229 e. The molecule has 1 aromatic heterocycles. The van der Waals surface area contributed by atoms with E-state index in [2.05, 4.69) is 27.2 Å². The first-order chi connectivity index (χ1) is 10.0. The van der Waals surface area contributed by atoms with Gasteiger partial charge in [0.2, 0.25) is 10.0 Å². The molecular weight excluding hydrogens is 286 g/mol. The highest BCUT2D eigenvalue weighted by atomic mass is 32.2. The van der Waals surface area contributed by atoms with Gasteiger partial charge in [-0.25, -0.2) is 13.4 Å². The number of anilines is 2. The van der Waals surface area contributed by atoms with Gasteiger partial charge in [0.05, 0.1) is 18.1 Å². The van der Waals surface area contributed by atoms with E-state index in [0.29, 0.717) is 5.69 Å². The van der Waals surface area contributed by atoms with Crippen LogP contribution < -0.4 is 10.0 Å². The molecule has 0 radical (unpaired) electrons. The molecule has 1 aromatic carbocycles. The maximum atomic E-state index is 11.1. The lowest BCUT2D eigenvalue weighted by Gasteiger charge is -2.07. The van der Waals surface area contributed by atoms with E-state index in [-0.39, 0.29) is 0 Å². The zero-order chi connectivity index (χ0) is 15.1. The number of nitrogens with zero attached hydrogens (tertiary/aromatic N) is 1. The maximum Gasteiger partial charge on any atom is 0.229 e. The molecule has 2 N–H and O–H groups in total. The molecule has 0 bridgehead atoms. The van der Waals surface area contributed by atoms with Crippen LogP contribution in [-0.2, 0) is 16.4 Å². The van der Waals surface area contributed by atoms with E-state index >= 15 is 0 Å². The van der Waals surface area contributed by atoms with Crippen molar-refractivity contribution in [3.8, 4) is 0 Å². The molecule has 0 saturated carbocycles. The second-order valence-corrected chi connectivity index (χ2v) is 6.57. The Morgan fingerprint density at radius 1 is 1.10 bits per heavy atom. The van der Waals surface area contributed by atoms with Crippen molar-refractivity contribution in [3.63, 3.8) is 0 Å². The van der Waals surface area contributed by atoms with Gasteiger partial charge in [-0.3, -0.25) is 4.72 Å². The topological polar surface area (TPSA) is 71.1 Å². The normalized spacial score (nSPS) is 11.1. The molecule has 0 aliphatic heterocycles. The van der Waals surface area contributed by atoms with E-state index in [0.717, 1.165) is 31.5 Å². The molecule has 2 aromatic rings. The number of sulfonamides is 1. The molecule has 2 rings (SSSR count). The van der Waals surface area contributed by atoms with Crippen LogP contribution in [0.15, 0.2) is 48.7 Å². The zero-order valence-corrected chi connectivity index (χ0v) is 12.7. The van der Waals surface area contributed by atoms with E-state index in [4.69, 9.17) is 0 Å². The van der Waals surface area contributed by atoms with Gasteiger partial charge in [-0.2, -0.15) is 0 Å². The van der Waals surface area contributed by atoms with Gasteiger partial charge in [0.15, 0.2) is 0 Å². The highest BCUT2D eigenvalue weighted by Gasteiger charge is 2.02. The Hall–Kier alpha value is -2.08. The minimum Gasteiger partial charge on any atom is -0.370 e. The summed E-state index contributed by atoms with van der Waals surface area (Å²) in [5.74, 6) is 0.738. The van der Waals surface area contributed by atoms with Crippen molar-refractivity contribution in [2.45, 2.75) is 12.8 Å². The summed E-state index contributed by atoms with van der Waals surface area (Å²) in [6.07, 6.45) is 4.64. The Kier molecular flexibility index (Phi) is 5.16. The van der Waals surface area contributed by atoms with Gasteiger partial charge < -0.3 is 5.32 Å². The van der Waals surface area contributed by atoms with Gasteiger partial charge in [-0.1, -0.05) is 30.3 Å². The monoisotopic (exact) mass is 305 g/mol. The standard InChI is InChI=1S/C15H19N3O2S/c1-21(19,20)18-14-9-10-15(17-12-14)16-11-5-8-13-6-3-2-4-7-13/h2-4,6-7,9-10,12,18H,5,8,11H2,1H3,(H,16,17). The number of benzene rings is 1. The number of nitrogens with one attached hydrogen (secondary N) is 2. The van der Waals surface area contributed by atoms with Crippen LogP contribution in [0.3, 0.4) is 0 Å². The Balaban J connectivity index is 1.76. The zero-order valence-electron chi connectivity index (χ0n) is 11.9. The van der Waals surface area contributed by atoms with Gasteiger partial charge in [-0.05, 0) is 30.5 Å². The number of hydrogen-bond acceptors (Lipinski definition) is 4. The van der Waals surface area contributed by atoms with E-state index < -0.39 is 10.0 Å². The summed E-state index contributed by atoms with van der Waals surface area (Å²) in [5, 5.41) is 3.22. The summed E-state index contributed by atoms with van der Waals surface area (Å²) in [6, 6.07) is 13.8. The minimum absolute atomic E-state index is 0.465. The fourth-order valence-corrected chi connectivity index (χ4v) is 2.48. The fraction of sp³-hybridized carbons (Fsp3) is 0.267. The predicted molar refractivity (Wildman–Crippen MR) is 86.0 cm³/mol. The molecule has 21 heavy (non-hydrogen) atoms. The predicted octanol–water partition coefficient (Wildman–Crippen LogP) is 2.50. The molecule has 0 aliphatic rings. The average molecular weight is 305 g/mol. The van der Waals surface area contributed by atoms with Crippen LogP contribution in [0.1, 0.15) is 12.0 Å². The molecule has 112 valence electrons. The number of aromatic nitrogens is 1. The van der Waals surface area contributed by atoms with E-state index in [1.807, 2.05) is 18.2 Å². The van der Waals surface area contributed by atoms with Crippen LogP contribution in [0.2, 0.25) is 0 Å². The molecule has 0 unspecified atom stereocenters. The van der Waals surface area contributed by atoms with Crippen LogP contribution in [0.5, 0.6) is 0 Å². The largest absolute Gasteiger partial charge is 0.370 e. The van der Waals surface area contributed by atoms with Crippen molar-refractivity contribution in [2.75, 3.05) is 22.8 Å². The van der Waals surface area contributed by atoms with Gasteiger partial charge in [-0.15, -0.1) is 0 Å². The van der Waals surface area contributed by atoms with Crippen molar-refractivity contribution < 1.29 is 8.42 Å². The summed E-state index contributed by atoms with van der Waals surface area (Å²) in [5.41, 5.74) is 1.78. The third kappa shape index (κ3) is 5.83. The summed E-state index contributed by atoms with van der Waals surface area (Å²) in [4.78, 5) is 4.17. The highest BCUT2D eigenvalue weighted by molar-refractivity contribution is 7.92. The molecule has 6 heteroatoms. The van der Waals surface area contributed by atoms with Crippen LogP contribution in [0, 0.1) is 0 Å². The number of pyridine rings is 1. The second kappa shape index (κ2) is 7.08. The lowest BCUT2D eigenvalue weighted by molar-refractivity contribution is 0.607. The Morgan fingerprint density at radius 2 is 1.86 bits per heavy atom. The second-order valence-electron chi connectivity index (χ2n) is 4.82. The van der Waals surface area contributed by atoms with Crippen LogP contribution >= 0.6 is 0 Å². The molecule has 0 saturated heterocycles. The van der Waals surface area contributed by atoms with Crippen LogP contribution in [-0.4, -0.2) is 26.2 Å². The van der Waals surface area contributed by atoms with E-state index in [9.17, 15) is 8.42 Å². The number of rotatable bonds is 7. The van der Waals surface area contributed by atoms with Crippen LogP contribution in [0.25, 0.3) is 0 Å². The third-order valence-electron chi connectivity index (χ3n) is 2.86. The molecular formula is C15H19N3O2S. The lowest BCUT2D eigenvalue weighted by Crippen LogP contribution is -2.10. The first kappa shape index (κ1) is 15.3. The van der Waals surface area contributed by atoms with Gasteiger partial charge in [0.1, 0.15) is 5.82 Å². The highest BCUT2D eigenvalue weighted by Crippen LogP contribution is 2.11. The minimum atomic E-state index is -3.25. The van der Waals surface area contributed by atoms with Crippen molar-refractivity contribution in [1.82, 2.24) is 4.98 Å². The molecule has 5 nitrogen and oxygen atoms in total. The van der Waals surface area contributed by atoms with E-state index in [1.165, 1.54) is 11.8 Å². The van der Waals surface area contributed by atoms with Crippen molar-refractivity contribution in [1.29, 1.82) is 0 Å². The molecule has 0 aliphatic carbocycles. The first-order valence-electron chi connectivity index (χ1n) is 6.74. The lowest BCUT2D eigenvalue weighted by atomic mass is 10.1. The number of aryl methyl sites for hydroxylation is 1. The number of hydrogen-bond donors (Lipinski definition) is 2. The first-order valence-corrected chi connectivity index (χ1v) is 8.64. The summed E-state index contributed by atoms with van der Waals surface area (Å²) in [7, 11) is -3.25. The van der Waals surface area contributed by atoms with Crippen molar-refractivity contribution in [3.05, 3.63) is 54.2 Å². The molecule has 0 fully saturated rings. The third-order valence-corrected chi connectivity index (χ3v) is 3.46. The fourth-order valence-electron chi connectivity index (χ4n) is 1.93.